The van der Waals surface area contributed by atoms with E-state index in [0.29, 0.717) is 11.0 Å². The molecule has 66 valence electrons. The molecule has 4 heteroatoms. The van der Waals surface area contributed by atoms with Crippen molar-refractivity contribution in [1.29, 1.82) is 0 Å². The van der Waals surface area contributed by atoms with Crippen LogP contribution in [0.2, 0.25) is 0 Å². The topological polar surface area (TPSA) is 43.1 Å². The predicted octanol–water partition coefficient (Wildman–Crippen LogP) is 1.74. The zero-order chi connectivity index (χ0) is 8.97. The minimum Gasteiger partial charge on any atom is -0.369 e. The standard InChI is InChI=1S/C8H11NOS2/c1-11-8-5-6(2-3-12-8)4-7(9)10/h2-3,5,8H,4H2,1H3,(H2,9,10). The summed E-state index contributed by atoms with van der Waals surface area (Å²) in [5.41, 5.74) is 6.11. The van der Waals surface area contributed by atoms with Crippen molar-refractivity contribution < 1.29 is 4.79 Å². The van der Waals surface area contributed by atoms with Crippen molar-refractivity contribution in [2.75, 3.05) is 6.26 Å². The van der Waals surface area contributed by atoms with Gasteiger partial charge in [0.2, 0.25) is 5.91 Å². The largest absolute Gasteiger partial charge is 0.369 e. The second-order valence-electron chi connectivity index (χ2n) is 2.43. The molecule has 0 spiro atoms. The molecule has 1 heterocycles. The van der Waals surface area contributed by atoms with Gasteiger partial charge in [0.05, 0.1) is 11.0 Å². The SMILES string of the molecule is CSC1C=C(CC(N)=O)C=CS1. The molecule has 1 unspecified atom stereocenters. The van der Waals surface area contributed by atoms with E-state index in [4.69, 9.17) is 5.73 Å². The van der Waals surface area contributed by atoms with Gasteiger partial charge in [-0.2, -0.15) is 0 Å². The molecule has 0 bridgehead atoms. The minimum atomic E-state index is -0.266. The van der Waals surface area contributed by atoms with Crippen LogP contribution in [-0.2, 0) is 4.79 Å². The first-order chi connectivity index (χ1) is 5.72. The van der Waals surface area contributed by atoms with Crippen LogP contribution in [-0.4, -0.2) is 16.7 Å². The first kappa shape index (κ1) is 9.74. The Morgan fingerprint density at radius 2 is 2.58 bits per heavy atom. The van der Waals surface area contributed by atoms with Crippen LogP contribution >= 0.6 is 23.5 Å². The summed E-state index contributed by atoms with van der Waals surface area (Å²) in [6.45, 7) is 0. The summed E-state index contributed by atoms with van der Waals surface area (Å²) in [5.74, 6) is -0.266. The molecule has 0 aliphatic carbocycles. The Kier molecular flexibility index (Phi) is 3.75. The molecule has 0 aromatic rings. The Balaban J connectivity index is 2.57. The Bertz CT molecular complexity index is 235. The second kappa shape index (κ2) is 4.62. The fraction of sp³-hybridized carbons (Fsp3) is 0.375. The zero-order valence-electron chi connectivity index (χ0n) is 6.82. The van der Waals surface area contributed by atoms with Gasteiger partial charge in [0.1, 0.15) is 0 Å². The van der Waals surface area contributed by atoms with Gasteiger partial charge in [0.25, 0.3) is 0 Å². The van der Waals surface area contributed by atoms with Gasteiger partial charge in [-0.15, -0.1) is 23.5 Å². The number of rotatable bonds is 3. The maximum absolute atomic E-state index is 10.6. The van der Waals surface area contributed by atoms with Crippen molar-refractivity contribution in [2.24, 2.45) is 5.73 Å². The lowest BCUT2D eigenvalue weighted by Gasteiger charge is -2.12. The van der Waals surface area contributed by atoms with Crippen molar-refractivity contribution >= 4 is 29.4 Å². The van der Waals surface area contributed by atoms with Gasteiger partial charge >= 0.3 is 0 Å². The molecule has 2 N–H and O–H groups in total. The molecule has 1 atom stereocenters. The number of carbonyl (C=O) groups is 1. The van der Waals surface area contributed by atoms with E-state index in [-0.39, 0.29) is 5.91 Å². The quantitative estimate of drug-likeness (QED) is 0.756. The van der Waals surface area contributed by atoms with E-state index in [1.165, 1.54) is 0 Å². The van der Waals surface area contributed by atoms with Crippen LogP contribution in [0.15, 0.2) is 23.1 Å². The molecule has 0 saturated heterocycles. The van der Waals surface area contributed by atoms with E-state index in [0.717, 1.165) is 5.57 Å². The highest BCUT2D eigenvalue weighted by Gasteiger charge is 2.09. The van der Waals surface area contributed by atoms with Gasteiger partial charge in [-0.1, -0.05) is 12.2 Å². The number of hydrogen-bond acceptors (Lipinski definition) is 3. The van der Waals surface area contributed by atoms with Crippen molar-refractivity contribution in [3.8, 4) is 0 Å². The predicted molar refractivity (Wildman–Crippen MR) is 55.9 cm³/mol. The lowest BCUT2D eigenvalue weighted by molar-refractivity contribution is -0.117. The van der Waals surface area contributed by atoms with Crippen LogP contribution in [0, 0.1) is 0 Å². The molecule has 0 fully saturated rings. The molecule has 2 nitrogen and oxygen atoms in total. The highest BCUT2D eigenvalue weighted by Crippen LogP contribution is 2.29. The minimum absolute atomic E-state index is 0.266. The lowest BCUT2D eigenvalue weighted by Crippen LogP contribution is -2.11. The van der Waals surface area contributed by atoms with Gasteiger partial charge in [0, 0.05) is 0 Å². The summed E-state index contributed by atoms with van der Waals surface area (Å²) in [6, 6.07) is 0. The highest BCUT2D eigenvalue weighted by molar-refractivity contribution is 8.18. The molecule has 12 heavy (non-hydrogen) atoms. The van der Waals surface area contributed by atoms with E-state index in [9.17, 15) is 4.79 Å². The van der Waals surface area contributed by atoms with Crippen LogP contribution in [0.5, 0.6) is 0 Å². The number of hydrogen-bond donors (Lipinski definition) is 1. The number of nitrogens with two attached hydrogens (primary N) is 1. The summed E-state index contributed by atoms with van der Waals surface area (Å²) in [5, 5.41) is 2.01. The first-order valence-corrected chi connectivity index (χ1v) is 5.79. The van der Waals surface area contributed by atoms with Crippen LogP contribution in [0.3, 0.4) is 0 Å². The zero-order valence-corrected chi connectivity index (χ0v) is 8.45. The van der Waals surface area contributed by atoms with Gasteiger partial charge in [0.15, 0.2) is 0 Å². The van der Waals surface area contributed by atoms with Crippen LogP contribution in [0.1, 0.15) is 6.42 Å². The van der Waals surface area contributed by atoms with Crippen molar-refractivity contribution in [3.63, 3.8) is 0 Å². The molecule has 0 saturated carbocycles. The number of allylic oxidation sites excluding steroid dienone is 1. The smallest absolute Gasteiger partial charge is 0.221 e. The molecule has 1 aliphatic heterocycles. The number of amides is 1. The van der Waals surface area contributed by atoms with E-state index < -0.39 is 0 Å². The molecular weight excluding hydrogens is 190 g/mol. The van der Waals surface area contributed by atoms with Crippen LogP contribution in [0.25, 0.3) is 0 Å². The first-order valence-electron chi connectivity index (χ1n) is 3.56. The molecule has 0 radical (unpaired) electrons. The van der Waals surface area contributed by atoms with E-state index in [2.05, 4.69) is 12.3 Å². The average molecular weight is 201 g/mol. The number of carbonyl (C=O) groups excluding carboxylic acids is 1. The normalized spacial score (nSPS) is 22.1. The van der Waals surface area contributed by atoms with E-state index in [1.54, 1.807) is 23.5 Å². The third kappa shape index (κ3) is 2.95. The van der Waals surface area contributed by atoms with E-state index >= 15 is 0 Å². The maximum atomic E-state index is 10.6. The maximum Gasteiger partial charge on any atom is 0.221 e. The van der Waals surface area contributed by atoms with Crippen molar-refractivity contribution in [2.45, 2.75) is 11.0 Å². The molecule has 0 aromatic carbocycles. The summed E-state index contributed by atoms with van der Waals surface area (Å²) in [7, 11) is 0. The molecule has 1 aliphatic rings. The van der Waals surface area contributed by atoms with Crippen molar-refractivity contribution in [1.82, 2.24) is 0 Å². The summed E-state index contributed by atoms with van der Waals surface area (Å²) >= 11 is 3.51. The van der Waals surface area contributed by atoms with Gasteiger partial charge in [-0.3, -0.25) is 4.79 Å². The average Bonchev–Trinajstić information content (AvgIpc) is 2.03. The second-order valence-corrected chi connectivity index (χ2v) is 4.76. The summed E-state index contributed by atoms with van der Waals surface area (Å²) in [4.78, 5) is 10.6. The lowest BCUT2D eigenvalue weighted by atomic mass is 10.2. The Morgan fingerprint density at radius 3 is 3.17 bits per heavy atom. The van der Waals surface area contributed by atoms with Crippen LogP contribution in [0.4, 0.5) is 0 Å². The van der Waals surface area contributed by atoms with Gasteiger partial charge in [-0.05, 0) is 17.2 Å². The Labute approximate surface area is 80.7 Å². The van der Waals surface area contributed by atoms with Gasteiger partial charge in [-0.25, -0.2) is 0 Å². The number of thioether (sulfide) groups is 2. The highest BCUT2D eigenvalue weighted by atomic mass is 32.2. The van der Waals surface area contributed by atoms with Gasteiger partial charge < -0.3 is 5.73 Å². The van der Waals surface area contributed by atoms with E-state index in [1.807, 2.05) is 11.5 Å². The Hall–Kier alpha value is -0.350. The fourth-order valence-electron chi connectivity index (χ4n) is 0.916. The fourth-order valence-corrected chi connectivity index (χ4v) is 2.53. The number of primary amides is 1. The third-order valence-electron chi connectivity index (χ3n) is 1.46. The summed E-state index contributed by atoms with van der Waals surface area (Å²) < 4.78 is 0.435. The molecule has 0 aromatic heterocycles. The van der Waals surface area contributed by atoms with Crippen LogP contribution < -0.4 is 5.73 Å². The molecule has 1 rings (SSSR count). The molecule has 1 amide bonds. The van der Waals surface area contributed by atoms with Crippen molar-refractivity contribution in [3.05, 3.63) is 23.1 Å². The third-order valence-corrected chi connectivity index (χ3v) is 3.66. The molecular formula is C8H11NOS2. The Morgan fingerprint density at radius 1 is 1.83 bits per heavy atom. The summed E-state index contributed by atoms with van der Waals surface area (Å²) in [6.07, 6.45) is 6.44. The monoisotopic (exact) mass is 201 g/mol.